The number of carbonyl (C=O) groups excluding carboxylic acids is 2. The lowest BCUT2D eigenvalue weighted by Crippen LogP contribution is -2.28. The zero-order valence-corrected chi connectivity index (χ0v) is 18.2. The topological polar surface area (TPSA) is 127 Å². The van der Waals surface area contributed by atoms with Crippen LogP contribution >= 0.6 is 0 Å². The van der Waals surface area contributed by atoms with E-state index in [-0.39, 0.29) is 12.0 Å². The molecule has 2 amide bonds. The molecule has 0 aliphatic carbocycles. The van der Waals surface area contributed by atoms with Crippen molar-refractivity contribution in [1.29, 1.82) is 0 Å². The molecule has 0 bridgehead atoms. The third-order valence-corrected chi connectivity index (χ3v) is 5.54. The number of hydrogen-bond donors (Lipinski definition) is 3. The Bertz CT molecular complexity index is 991. The Labute approximate surface area is 177 Å². The van der Waals surface area contributed by atoms with Gasteiger partial charge in [-0.1, -0.05) is 57.2 Å². The zero-order chi connectivity index (χ0) is 22.5. The Morgan fingerprint density at radius 2 is 1.60 bits per heavy atom. The molecule has 4 N–H and O–H groups in total. The normalized spacial score (nSPS) is 12.9. The molecule has 0 aliphatic heterocycles. The number of nitrogens with one attached hydrogen (secondary N) is 1. The van der Waals surface area contributed by atoms with E-state index in [1.165, 1.54) is 5.56 Å². The van der Waals surface area contributed by atoms with Gasteiger partial charge in [-0.3, -0.25) is 14.1 Å². The first-order valence-electron chi connectivity index (χ1n) is 9.59. The molecule has 0 radical (unpaired) electrons. The van der Waals surface area contributed by atoms with Gasteiger partial charge in [0.2, 0.25) is 5.91 Å². The predicted molar refractivity (Wildman–Crippen MR) is 116 cm³/mol. The molecule has 0 saturated carbocycles. The summed E-state index contributed by atoms with van der Waals surface area (Å²) in [5, 5.41) is 2.42. The summed E-state index contributed by atoms with van der Waals surface area (Å²) >= 11 is 0. The van der Waals surface area contributed by atoms with Crippen LogP contribution in [-0.2, 0) is 26.7 Å². The maximum Gasteiger partial charge on any atom is 0.266 e. The minimum Gasteiger partial charge on any atom is -0.369 e. The molecular formula is C22H28N2O5S. The van der Waals surface area contributed by atoms with Crippen LogP contribution in [0.5, 0.6) is 0 Å². The second kappa shape index (κ2) is 9.40. The fourth-order valence-electron chi connectivity index (χ4n) is 3.02. The van der Waals surface area contributed by atoms with Gasteiger partial charge in [-0.15, -0.1) is 0 Å². The van der Waals surface area contributed by atoms with Gasteiger partial charge in [0, 0.05) is 12.1 Å². The van der Waals surface area contributed by atoms with Crippen LogP contribution in [0.2, 0.25) is 0 Å². The molecule has 0 aliphatic rings. The van der Waals surface area contributed by atoms with Crippen molar-refractivity contribution >= 4 is 21.9 Å². The standard InChI is InChI=1S/C22H28N2O5S/c1-22(2,3)18-10-8-16(9-11-18)19(20(23)25)14-15-4-6-17(7-5-15)21(26)24-12-13-30(27,28)29/h4-11,19H,12-14H2,1-3H3,(H2,23,25)(H,24,26)(H,27,28,29). The molecule has 0 spiro atoms. The average Bonchev–Trinajstić information content (AvgIpc) is 2.64. The van der Waals surface area contributed by atoms with Crippen molar-refractivity contribution in [2.75, 3.05) is 12.3 Å². The van der Waals surface area contributed by atoms with E-state index in [9.17, 15) is 18.0 Å². The van der Waals surface area contributed by atoms with Gasteiger partial charge in [-0.05, 0) is 40.7 Å². The minimum atomic E-state index is -4.13. The van der Waals surface area contributed by atoms with Crippen molar-refractivity contribution in [2.24, 2.45) is 5.73 Å². The zero-order valence-electron chi connectivity index (χ0n) is 17.4. The monoisotopic (exact) mass is 432 g/mol. The summed E-state index contributed by atoms with van der Waals surface area (Å²) in [6.45, 7) is 6.17. The molecule has 7 nitrogen and oxygen atoms in total. The molecule has 0 heterocycles. The largest absolute Gasteiger partial charge is 0.369 e. The molecule has 2 aromatic rings. The number of amides is 2. The van der Waals surface area contributed by atoms with Gasteiger partial charge in [-0.25, -0.2) is 0 Å². The summed E-state index contributed by atoms with van der Waals surface area (Å²) in [7, 11) is -4.13. The Morgan fingerprint density at radius 1 is 1.03 bits per heavy atom. The summed E-state index contributed by atoms with van der Waals surface area (Å²) < 4.78 is 30.1. The van der Waals surface area contributed by atoms with E-state index >= 15 is 0 Å². The van der Waals surface area contributed by atoms with Crippen LogP contribution in [0.25, 0.3) is 0 Å². The molecule has 1 unspecified atom stereocenters. The van der Waals surface area contributed by atoms with Crippen LogP contribution < -0.4 is 11.1 Å². The molecule has 30 heavy (non-hydrogen) atoms. The fraction of sp³-hybridized carbons (Fsp3) is 0.364. The quantitative estimate of drug-likeness (QED) is 0.552. The lowest BCUT2D eigenvalue weighted by molar-refractivity contribution is -0.119. The van der Waals surface area contributed by atoms with E-state index < -0.39 is 33.6 Å². The van der Waals surface area contributed by atoms with Gasteiger partial charge in [0.05, 0.1) is 11.7 Å². The second-order valence-electron chi connectivity index (χ2n) is 8.27. The lowest BCUT2D eigenvalue weighted by Gasteiger charge is -2.20. The van der Waals surface area contributed by atoms with Crippen molar-refractivity contribution in [3.63, 3.8) is 0 Å². The summed E-state index contributed by atoms with van der Waals surface area (Å²) in [4.78, 5) is 24.1. The SMILES string of the molecule is CC(C)(C)c1ccc(C(Cc2ccc(C(=O)NCCS(=O)(=O)O)cc2)C(N)=O)cc1. The lowest BCUT2D eigenvalue weighted by atomic mass is 9.84. The first-order chi connectivity index (χ1) is 13.9. The maximum absolute atomic E-state index is 12.0. The first-order valence-corrected chi connectivity index (χ1v) is 11.2. The average molecular weight is 433 g/mol. The Morgan fingerprint density at radius 3 is 2.07 bits per heavy atom. The van der Waals surface area contributed by atoms with Crippen molar-refractivity contribution in [1.82, 2.24) is 5.32 Å². The minimum absolute atomic E-state index is 0.0124. The molecular weight excluding hydrogens is 404 g/mol. The van der Waals surface area contributed by atoms with Gasteiger partial charge in [-0.2, -0.15) is 8.42 Å². The summed E-state index contributed by atoms with van der Waals surface area (Å²) in [5.74, 6) is -1.92. The number of benzene rings is 2. The molecule has 2 aromatic carbocycles. The van der Waals surface area contributed by atoms with E-state index in [0.717, 1.165) is 11.1 Å². The van der Waals surface area contributed by atoms with Crippen LogP contribution in [-0.4, -0.2) is 37.1 Å². The second-order valence-corrected chi connectivity index (χ2v) is 9.84. The number of rotatable bonds is 8. The van der Waals surface area contributed by atoms with Gasteiger partial charge in [0.25, 0.3) is 16.0 Å². The summed E-state index contributed by atoms with van der Waals surface area (Å²) in [6.07, 6.45) is 0.398. The number of primary amides is 1. The third kappa shape index (κ3) is 6.96. The summed E-state index contributed by atoms with van der Waals surface area (Å²) in [5.41, 5.74) is 8.84. The highest BCUT2D eigenvalue weighted by Gasteiger charge is 2.20. The van der Waals surface area contributed by atoms with Crippen molar-refractivity contribution in [3.05, 3.63) is 70.8 Å². The van der Waals surface area contributed by atoms with E-state index in [1.54, 1.807) is 24.3 Å². The van der Waals surface area contributed by atoms with E-state index in [1.807, 2.05) is 24.3 Å². The van der Waals surface area contributed by atoms with E-state index in [0.29, 0.717) is 12.0 Å². The van der Waals surface area contributed by atoms with Gasteiger partial charge in [0.15, 0.2) is 0 Å². The van der Waals surface area contributed by atoms with E-state index in [2.05, 4.69) is 26.1 Å². The number of nitrogens with two attached hydrogens (primary N) is 1. The van der Waals surface area contributed by atoms with Crippen LogP contribution in [0.4, 0.5) is 0 Å². The predicted octanol–water partition coefficient (Wildman–Crippen LogP) is 2.41. The number of hydrogen-bond acceptors (Lipinski definition) is 4. The van der Waals surface area contributed by atoms with Gasteiger partial charge < -0.3 is 11.1 Å². The van der Waals surface area contributed by atoms with Crippen LogP contribution in [0.3, 0.4) is 0 Å². The molecule has 0 aromatic heterocycles. The summed E-state index contributed by atoms with van der Waals surface area (Å²) in [6, 6.07) is 14.5. The Kier molecular flexibility index (Phi) is 7.39. The Balaban J connectivity index is 2.07. The van der Waals surface area contributed by atoms with Gasteiger partial charge in [0.1, 0.15) is 0 Å². The van der Waals surface area contributed by atoms with Gasteiger partial charge >= 0.3 is 0 Å². The smallest absolute Gasteiger partial charge is 0.266 e. The molecule has 162 valence electrons. The molecule has 0 saturated heterocycles. The van der Waals surface area contributed by atoms with E-state index in [4.69, 9.17) is 10.3 Å². The van der Waals surface area contributed by atoms with Crippen molar-refractivity contribution in [3.8, 4) is 0 Å². The van der Waals surface area contributed by atoms with Crippen LogP contribution in [0.15, 0.2) is 48.5 Å². The molecule has 8 heteroatoms. The highest BCUT2D eigenvalue weighted by Crippen LogP contribution is 2.26. The van der Waals surface area contributed by atoms with Crippen molar-refractivity contribution < 1.29 is 22.6 Å². The van der Waals surface area contributed by atoms with Crippen LogP contribution in [0, 0.1) is 0 Å². The Hall–Kier alpha value is -2.71. The molecule has 1 atom stereocenters. The number of carbonyl (C=O) groups is 2. The fourth-order valence-corrected chi connectivity index (χ4v) is 3.38. The van der Waals surface area contributed by atoms with Crippen LogP contribution in [0.1, 0.15) is 53.7 Å². The molecule has 2 rings (SSSR count). The third-order valence-electron chi connectivity index (χ3n) is 4.82. The maximum atomic E-state index is 12.0. The molecule has 0 fully saturated rings. The highest BCUT2D eigenvalue weighted by atomic mass is 32.2. The first kappa shape index (κ1) is 23.6. The van der Waals surface area contributed by atoms with Crippen molar-refractivity contribution in [2.45, 2.75) is 38.5 Å². The highest BCUT2D eigenvalue weighted by molar-refractivity contribution is 7.85.